The molecule has 0 aliphatic carbocycles. The van der Waals surface area contributed by atoms with Gasteiger partial charge in [-0.1, -0.05) is 36.4 Å². The molecule has 4 nitrogen and oxygen atoms in total. The van der Waals surface area contributed by atoms with E-state index in [1.54, 1.807) is 0 Å². The Balaban J connectivity index is 1.59. The van der Waals surface area contributed by atoms with E-state index in [4.69, 9.17) is 0 Å². The minimum absolute atomic E-state index is 0.663. The second-order valence-corrected chi connectivity index (χ2v) is 6.39. The van der Waals surface area contributed by atoms with Gasteiger partial charge in [0.25, 0.3) is 0 Å². The monoisotopic (exact) mass is 336 g/mol. The van der Waals surface area contributed by atoms with E-state index in [9.17, 15) is 0 Å². The normalized spacial score (nSPS) is 11.3. The van der Waals surface area contributed by atoms with Crippen molar-refractivity contribution in [2.75, 3.05) is 0 Å². The second-order valence-electron chi connectivity index (χ2n) is 6.39. The smallest absolute Gasteiger partial charge is 0.178 e. The van der Waals surface area contributed by atoms with Crippen molar-refractivity contribution in [1.29, 1.82) is 0 Å². The lowest BCUT2D eigenvalue weighted by atomic mass is 10.1. The number of hydrogen-bond acceptors (Lipinski definition) is 3. The van der Waals surface area contributed by atoms with E-state index < -0.39 is 0 Å². The molecule has 124 valence electrons. The van der Waals surface area contributed by atoms with E-state index in [1.807, 2.05) is 48.8 Å². The fraction of sp³-hybridized carbons (Fsp3) is 0.0455. The van der Waals surface area contributed by atoms with Crippen LogP contribution in [0.1, 0.15) is 0 Å². The van der Waals surface area contributed by atoms with E-state index in [1.165, 1.54) is 10.9 Å². The van der Waals surface area contributed by atoms with E-state index in [2.05, 4.69) is 57.0 Å². The summed E-state index contributed by atoms with van der Waals surface area (Å²) in [6, 6.07) is 20.7. The Labute approximate surface area is 150 Å². The molecular weight excluding hydrogens is 320 g/mol. The average molecular weight is 336 g/mol. The van der Waals surface area contributed by atoms with Crippen LogP contribution in [0.5, 0.6) is 0 Å². The van der Waals surface area contributed by atoms with Crippen molar-refractivity contribution in [2.24, 2.45) is 7.05 Å². The molecule has 0 amide bonds. The summed E-state index contributed by atoms with van der Waals surface area (Å²) in [4.78, 5) is 13.8. The van der Waals surface area contributed by atoms with Crippen molar-refractivity contribution in [2.45, 2.75) is 0 Å². The summed E-state index contributed by atoms with van der Waals surface area (Å²) in [6.45, 7) is 0. The first kappa shape index (κ1) is 14.8. The fourth-order valence-electron chi connectivity index (χ4n) is 3.27. The molecule has 0 spiro atoms. The topological polar surface area (TPSA) is 43.6 Å². The molecule has 0 aliphatic heterocycles. The van der Waals surface area contributed by atoms with Gasteiger partial charge in [0.2, 0.25) is 0 Å². The maximum Gasteiger partial charge on any atom is 0.178 e. The minimum Gasteiger partial charge on any atom is -0.351 e. The molecule has 0 radical (unpaired) electrons. The van der Waals surface area contributed by atoms with Crippen LogP contribution >= 0.6 is 0 Å². The maximum atomic E-state index is 4.66. The van der Waals surface area contributed by atoms with Crippen LogP contribution in [0.2, 0.25) is 0 Å². The third-order valence-electron chi connectivity index (χ3n) is 4.69. The molecule has 3 aromatic heterocycles. The van der Waals surface area contributed by atoms with Crippen molar-refractivity contribution in [3.05, 3.63) is 79.3 Å². The van der Waals surface area contributed by atoms with Gasteiger partial charge >= 0.3 is 0 Å². The highest BCUT2D eigenvalue weighted by Gasteiger charge is 2.07. The van der Waals surface area contributed by atoms with E-state index in [0.29, 0.717) is 5.65 Å². The van der Waals surface area contributed by atoms with Crippen LogP contribution in [0.15, 0.2) is 79.3 Å². The number of aromatic nitrogens is 4. The molecule has 26 heavy (non-hydrogen) atoms. The second kappa shape index (κ2) is 5.77. The van der Waals surface area contributed by atoms with Gasteiger partial charge in [0.05, 0.1) is 11.9 Å². The van der Waals surface area contributed by atoms with Crippen molar-refractivity contribution in [1.82, 2.24) is 19.5 Å². The Morgan fingerprint density at radius 2 is 1.65 bits per heavy atom. The average Bonchev–Trinajstić information content (AvgIpc) is 3.08. The van der Waals surface area contributed by atoms with Crippen LogP contribution in [0.25, 0.3) is 44.5 Å². The zero-order valence-electron chi connectivity index (χ0n) is 14.3. The van der Waals surface area contributed by atoms with Crippen molar-refractivity contribution >= 4 is 22.1 Å². The van der Waals surface area contributed by atoms with Crippen LogP contribution in [-0.4, -0.2) is 19.5 Å². The highest BCUT2D eigenvalue weighted by molar-refractivity contribution is 5.87. The highest BCUT2D eigenvalue weighted by atomic mass is 14.9. The van der Waals surface area contributed by atoms with Crippen molar-refractivity contribution in [3.63, 3.8) is 0 Å². The van der Waals surface area contributed by atoms with E-state index in [-0.39, 0.29) is 0 Å². The summed E-state index contributed by atoms with van der Waals surface area (Å²) >= 11 is 0. The summed E-state index contributed by atoms with van der Waals surface area (Å²) < 4.78 is 2.12. The van der Waals surface area contributed by atoms with Crippen molar-refractivity contribution in [3.8, 4) is 22.4 Å². The Bertz CT molecular complexity index is 1240. The van der Waals surface area contributed by atoms with Gasteiger partial charge < -0.3 is 4.57 Å². The number of nitrogens with zero attached hydrogens (tertiary/aromatic N) is 4. The summed E-state index contributed by atoms with van der Waals surface area (Å²) in [5, 5.41) is 1.22. The van der Waals surface area contributed by atoms with Gasteiger partial charge in [-0.2, -0.15) is 0 Å². The Morgan fingerprint density at radius 3 is 2.54 bits per heavy atom. The standard InChI is InChI=1S/C22H16N4/c1-26-10-9-17-11-16(7-8-21(17)26)18-12-19-22(24-13-18)25-20(14-23-19)15-5-3-2-4-6-15/h2-14H,1H3. The zero-order valence-corrected chi connectivity index (χ0v) is 14.3. The Morgan fingerprint density at radius 1 is 0.769 bits per heavy atom. The van der Waals surface area contributed by atoms with Gasteiger partial charge in [0.1, 0.15) is 5.52 Å². The van der Waals surface area contributed by atoms with Crippen LogP contribution < -0.4 is 0 Å². The molecule has 3 heterocycles. The van der Waals surface area contributed by atoms with E-state index >= 15 is 0 Å². The summed E-state index contributed by atoms with van der Waals surface area (Å²) in [5.41, 5.74) is 6.74. The van der Waals surface area contributed by atoms with Crippen LogP contribution in [-0.2, 0) is 7.05 Å². The lowest BCUT2D eigenvalue weighted by molar-refractivity contribution is 0.969. The number of hydrogen-bond donors (Lipinski definition) is 0. The molecule has 0 saturated heterocycles. The number of pyridine rings is 1. The molecule has 0 N–H and O–H groups in total. The first-order valence-electron chi connectivity index (χ1n) is 8.52. The number of benzene rings is 2. The molecule has 0 atom stereocenters. The third-order valence-corrected chi connectivity index (χ3v) is 4.69. The maximum absolute atomic E-state index is 4.66. The molecule has 0 unspecified atom stereocenters. The number of aryl methyl sites for hydroxylation is 1. The molecule has 5 aromatic rings. The van der Waals surface area contributed by atoms with Gasteiger partial charge in [-0.25, -0.2) is 9.97 Å². The third kappa shape index (κ3) is 2.43. The molecule has 0 saturated carbocycles. The molecular formula is C22H16N4. The van der Waals surface area contributed by atoms with Gasteiger partial charge in [-0.15, -0.1) is 0 Å². The molecule has 0 aliphatic rings. The SMILES string of the molecule is Cn1ccc2cc(-c3cnc4nc(-c5ccccc5)cnc4c3)ccc21. The highest BCUT2D eigenvalue weighted by Crippen LogP contribution is 2.26. The quantitative estimate of drug-likeness (QED) is 0.463. The van der Waals surface area contributed by atoms with Crippen LogP contribution in [0, 0.1) is 0 Å². The first-order chi connectivity index (χ1) is 12.8. The fourth-order valence-corrected chi connectivity index (χ4v) is 3.27. The lowest BCUT2D eigenvalue weighted by Gasteiger charge is -2.06. The minimum atomic E-state index is 0.663. The summed E-state index contributed by atoms with van der Waals surface area (Å²) in [5.74, 6) is 0. The number of rotatable bonds is 2. The lowest BCUT2D eigenvalue weighted by Crippen LogP contribution is -1.92. The largest absolute Gasteiger partial charge is 0.351 e. The molecule has 4 heteroatoms. The predicted molar refractivity (Wildman–Crippen MR) is 105 cm³/mol. The Kier molecular flexibility index (Phi) is 3.28. The molecule has 0 fully saturated rings. The summed E-state index contributed by atoms with van der Waals surface area (Å²) in [6.07, 6.45) is 5.75. The summed E-state index contributed by atoms with van der Waals surface area (Å²) in [7, 11) is 2.06. The van der Waals surface area contributed by atoms with E-state index in [0.717, 1.165) is 27.9 Å². The molecule has 0 bridgehead atoms. The van der Waals surface area contributed by atoms with Crippen LogP contribution in [0.4, 0.5) is 0 Å². The Hall–Kier alpha value is -3.53. The van der Waals surface area contributed by atoms with Crippen molar-refractivity contribution < 1.29 is 0 Å². The molecule has 5 rings (SSSR count). The number of fused-ring (bicyclic) bond motifs is 2. The van der Waals surface area contributed by atoms with Gasteiger partial charge in [-0.05, 0) is 29.8 Å². The van der Waals surface area contributed by atoms with Gasteiger partial charge in [-0.3, -0.25) is 4.98 Å². The molecule has 2 aromatic carbocycles. The zero-order chi connectivity index (χ0) is 17.5. The first-order valence-corrected chi connectivity index (χ1v) is 8.52. The van der Waals surface area contributed by atoms with Gasteiger partial charge in [0.15, 0.2) is 5.65 Å². The van der Waals surface area contributed by atoms with Gasteiger partial charge in [0, 0.05) is 41.5 Å². The van der Waals surface area contributed by atoms with Crippen LogP contribution in [0.3, 0.4) is 0 Å². The predicted octanol–water partition coefficient (Wildman–Crippen LogP) is 4.85.